The van der Waals surface area contributed by atoms with Gasteiger partial charge < -0.3 is 19.7 Å². The number of nitrogens with one attached hydrogen (secondary N) is 1. The average Bonchev–Trinajstić information content (AvgIpc) is 2.72. The monoisotopic (exact) mass is 357 g/mol. The van der Waals surface area contributed by atoms with Crippen LogP contribution in [0.1, 0.15) is 32.6 Å². The summed E-state index contributed by atoms with van der Waals surface area (Å²) in [6.07, 6.45) is 6.43. The van der Waals surface area contributed by atoms with E-state index in [0.717, 1.165) is 36.2 Å². The van der Waals surface area contributed by atoms with Crippen LogP contribution in [0.3, 0.4) is 0 Å². The third-order valence-electron chi connectivity index (χ3n) is 4.64. The standard InChI is InChI=1S/C19H27N5O2/c1-3-15-6-4-5-12-24(15)19-22-18(14-21-23-19)20-11-13-26-17-9-7-16(25-2)8-10-17/h7-10,14-15H,3-6,11-13H2,1-2H3,(H,20,22,23). The lowest BCUT2D eigenvalue weighted by molar-refractivity contribution is 0.331. The van der Waals surface area contributed by atoms with Crippen LogP contribution in [0, 0.1) is 0 Å². The molecule has 0 aliphatic carbocycles. The first-order valence-corrected chi connectivity index (χ1v) is 9.27. The summed E-state index contributed by atoms with van der Waals surface area (Å²) in [5, 5.41) is 11.6. The average molecular weight is 357 g/mol. The summed E-state index contributed by atoms with van der Waals surface area (Å²) < 4.78 is 10.9. The quantitative estimate of drug-likeness (QED) is 0.728. The summed E-state index contributed by atoms with van der Waals surface area (Å²) in [6.45, 7) is 4.40. The first-order chi connectivity index (χ1) is 12.8. The topological polar surface area (TPSA) is 72.4 Å². The molecular formula is C19H27N5O2. The van der Waals surface area contributed by atoms with E-state index in [-0.39, 0.29) is 0 Å². The minimum atomic E-state index is 0.513. The number of benzene rings is 1. The number of hydrogen-bond donors (Lipinski definition) is 1. The van der Waals surface area contributed by atoms with Crippen LogP contribution in [0.5, 0.6) is 11.5 Å². The lowest BCUT2D eigenvalue weighted by Crippen LogP contribution is -2.40. The van der Waals surface area contributed by atoms with Crippen LogP contribution in [0.25, 0.3) is 0 Å². The normalized spacial score (nSPS) is 17.0. The molecule has 7 nitrogen and oxygen atoms in total. The van der Waals surface area contributed by atoms with Crippen LogP contribution in [-0.4, -0.2) is 48.0 Å². The Kier molecular flexibility index (Phi) is 6.46. The van der Waals surface area contributed by atoms with E-state index in [1.807, 2.05) is 24.3 Å². The highest BCUT2D eigenvalue weighted by molar-refractivity contribution is 5.40. The van der Waals surface area contributed by atoms with Gasteiger partial charge in [0, 0.05) is 12.6 Å². The van der Waals surface area contributed by atoms with Gasteiger partial charge in [0.1, 0.15) is 18.1 Å². The Morgan fingerprint density at radius 1 is 1.19 bits per heavy atom. The number of nitrogens with zero attached hydrogens (tertiary/aromatic N) is 4. The molecule has 26 heavy (non-hydrogen) atoms. The van der Waals surface area contributed by atoms with Crippen molar-refractivity contribution >= 4 is 11.8 Å². The molecule has 3 rings (SSSR count). The highest BCUT2D eigenvalue weighted by Gasteiger charge is 2.23. The molecule has 2 heterocycles. The van der Waals surface area contributed by atoms with Crippen molar-refractivity contribution in [3.05, 3.63) is 30.5 Å². The molecule has 1 N–H and O–H groups in total. The molecule has 2 aromatic rings. The maximum Gasteiger partial charge on any atom is 0.247 e. The second-order valence-corrected chi connectivity index (χ2v) is 6.34. The second-order valence-electron chi connectivity index (χ2n) is 6.34. The Morgan fingerprint density at radius 3 is 2.77 bits per heavy atom. The van der Waals surface area contributed by atoms with Crippen LogP contribution in [0.2, 0.25) is 0 Å². The highest BCUT2D eigenvalue weighted by atomic mass is 16.5. The van der Waals surface area contributed by atoms with Gasteiger partial charge in [-0.05, 0) is 49.9 Å². The number of ether oxygens (including phenoxy) is 2. The molecule has 1 atom stereocenters. The van der Waals surface area contributed by atoms with Gasteiger partial charge in [0.2, 0.25) is 5.95 Å². The van der Waals surface area contributed by atoms with Gasteiger partial charge in [0.05, 0.1) is 19.9 Å². The maximum atomic E-state index is 5.72. The van der Waals surface area contributed by atoms with Gasteiger partial charge >= 0.3 is 0 Å². The molecule has 1 saturated heterocycles. The molecular weight excluding hydrogens is 330 g/mol. The summed E-state index contributed by atoms with van der Waals surface area (Å²) >= 11 is 0. The van der Waals surface area contributed by atoms with Crippen molar-refractivity contribution < 1.29 is 9.47 Å². The van der Waals surface area contributed by atoms with E-state index >= 15 is 0 Å². The summed E-state index contributed by atoms with van der Waals surface area (Å²) in [5.41, 5.74) is 0. The maximum absolute atomic E-state index is 5.72. The molecule has 140 valence electrons. The number of aromatic nitrogens is 3. The molecule has 0 bridgehead atoms. The summed E-state index contributed by atoms with van der Waals surface area (Å²) in [7, 11) is 1.65. The highest BCUT2D eigenvalue weighted by Crippen LogP contribution is 2.23. The largest absolute Gasteiger partial charge is 0.497 e. The minimum Gasteiger partial charge on any atom is -0.497 e. The Balaban J connectivity index is 1.50. The molecule has 1 fully saturated rings. The van der Waals surface area contributed by atoms with Gasteiger partial charge in [0.15, 0.2) is 5.82 Å². The molecule has 1 aliphatic heterocycles. The van der Waals surface area contributed by atoms with Gasteiger partial charge in [-0.15, -0.1) is 5.10 Å². The van der Waals surface area contributed by atoms with Crippen LogP contribution in [-0.2, 0) is 0 Å². The third-order valence-corrected chi connectivity index (χ3v) is 4.64. The zero-order chi connectivity index (χ0) is 18.2. The zero-order valence-electron chi connectivity index (χ0n) is 15.5. The van der Waals surface area contributed by atoms with Crippen molar-refractivity contribution in [1.82, 2.24) is 15.2 Å². The fourth-order valence-corrected chi connectivity index (χ4v) is 3.21. The van der Waals surface area contributed by atoms with Crippen molar-refractivity contribution in [2.75, 3.05) is 37.0 Å². The van der Waals surface area contributed by atoms with E-state index in [1.54, 1.807) is 13.3 Å². The number of methoxy groups -OCH3 is 1. The Hall–Kier alpha value is -2.57. The first-order valence-electron chi connectivity index (χ1n) is 9.27. The second kappa shape index (κ2) is 9.22. The smallest absolute Gasteiger partial charge is 0.247 e. The fourth-order valence-electron chi connectivity index (χ4n) is 3.21. The third kappa shape index (κ3) is 4.74. The van der Waals surface area contributed by atoms with Crippen LogP contribution in [0.15, 0.2) is 30.5 Å². The van der Waals surface area contributed by atoms with Crippen LogP contribution < -0.4 is 19.7 Å². The van der Waals surface area contributed by atoms with Gasteiger partial charge in [-0.2, -0.15) is 10.1 Å². The lowest BCUT2D eigenvalue weighted by Gasteiger charge is -2.34. The minimum absolute atomic E-state index is 0.513. The summed E-state index contributed by atoms with van der Waals surface area (Å²) in [4.78, 5) is 6.92. The van der Waals surface area contributed by atoms with E-state index in [1.165, 1.54) is 19.3 Å². The number of hydrogen-bond acceptors (Lipinski definition) is 7. The number of anilines is 2. The molecule has 0 spiro atoms. The van der Waals surface area contributed by atoms with Gasteiger partial charge in [-0.3, -0.25) is 0 Å². The van der Waals surface area contributed by atoms with E-state index in [4.69, 9.17) is 9.47 Å². The SMILES string of the molecule is CCC1CCCCN1c1nncc(NCCOc2ccc(OC)cc2)n1. The number of rotatable bonds is 8. The Labute approximate surface area is 154 Å². The molecule has 1 aliphatic rings. The molecule has 7 heteroatoms. The van der Waals surface area contributed by atoms with Crippen LogP contribution in [0.4, 0.5) is 11.8 Å². The molecule has 1 unspecified atom stereocenters. The molecule has 0 radical (unpaired) electrons. The first kappa shape index (κ1) is 18.2. The zero-order valence-corrected chi connectivity index (χ0v) is 15.5. The van der Waals surface area contributed by atoms with Crippen molar-refractivity contribution in [2.45, 2.75) is 38.6 Å². The van der Waals surface area contributed by atoms with Gasteiger partial charge in [-0.25, -0.2) is 0 Å². The van der Waals surface area contributed by atoms with Gasteiger partial charge in [-0.1, -0.05) is 6.92 Å². The molecule has 0 amide bonds. The van der Waals surface area contributed by atoms with E-state index in [9.17, 15) is 0 Å². The molecule has 1 aromatic carbocycles. The fraction of sp³-hybridized carbons (Fsp3) is 0.526. The Bertz CT molecular complexity index is 680. The van der Waals surface area contributed by atoms with Crippen LogP contribution >= 0.6 is 0 Å². The predicted octanol–water partition coefficient (Wildman–Crippen LogP) is 3.14. The van der Waals surface area contributed by atoms with Crippen molar-refractivity contribution in [3.8, 4) is 11.5 Å². The molecule has 0 saturated carbocycles. The summed E-state index contributed by atoms with van der Waals surface area (Å²) in [6, 6.07) is 8.06. The van der Waals surface area contributed by atoms with Crippen molar-refractivity contribution in [1.29, 1.82) is 0 Å². The van der Waals surface area contributed by atoms with Crippen molar-refractivity contribution in [2.24, 2.45) is 0 Å². The van der Waals surface area contributed by atoms with E-state index in [2.05, 4.69) is 32.3 Å². The lowest BCUT2D eigenvalue weighted by atomic mass is 10.0. The predicted molar refractivity (Wildman–Crippen MR) is 102 cm³/mol. The molecule has 1 aromatic heterocycles. The van der Waals surface area contributed by atoms with Crippen molar-refractivity contribution in [3.63, 3.8) is 0 Å². The Morgan fingerprint density at radius 2 is 2.00 bits per heavy atom. The number of piperidine rings is 1. The van der Waals surface area contributed by atoms with E-state index in [0.29, 0.717) is 19.2 Å². The van der Waals surface area contributed by atoms with Gasteiger partial charge in [0.25, 0.3) is 0 Å². The van der Waals surface area contributed by atoms with E-state index < -0.39 is 0 Å². The summed E-state index contributed by atoms with van der Waals surface area (Å²) in [5.74, 6) is 3.08.